The molecule has 0 radical (unpaired) electrons. The van der Waals surface area contributed by atoms with E-state index in [4.69, 9.17) is 9.47 Å². The summed E-state index contributed by atoms with van der Waals surface area (Å²) >= 11 is 0. The van der Waals surface area contributed by atoms with Gasteiger partial charge in [-0.3, -0.25) is 4.79 Å². The van der Waals surface area contributed by atoms with Crippen molar-refractivity contribution in [3.05, 3.63) is 53.6 Å². The average molecular weight is 399 g/mol. The summed E-state index contributed by atoms with van der Waals surface area (Å²) in [6.45, 7) is 8.23. The van der Waals surface area contributed by atoms with E-state index in [-0.39, 0.29) is 5.91 Å². The fourth-order valence-electron chi connectivity index (χ4n) is 2.66. The summed E-state index contributed by atoms with van der Waals surface area (Å²) in [4.78, 5) is 16.5. The van der Waals surface area contributed by atoms with Crippen molar-refractivity contribution in [3.8, 4) is 11.5 Å². The molecule has 0 aromatic heterocycles. The molecular weight excluding hydrogens is 368 g/mol. The lowest BCUT2D eigenvalue weighted by Crippen LogP contribution is -2.30. The van der Waals surface area contributed by atoms with Crippen LogP contribution >= 0.6 is 0 Å². The lowest BCUT2D eigenvalue weighted by atomic mass is 10.1. The van der Waals surface area contributed by atoms with Crippen LogP contribution in [0.15, 0.2) is 47.5 Å². The third-order valence-corrected chi connectivity index (χ3v) is 4.04. The Bertz CT molecular complexity index is 819. The molecule has 2 aromatic carbocycles. The number of nitrogens with zero attached hydrogens (tertiary/aromatic N) is 1. The fraction of sp³-hybridized carbons (Fsp3) is 0.364. The Hall–Kier alpha value is -3.22. The highest BCUT2D eigenvalue weighted by Gasteiger charge is 2.07. The molecule has 3 N–H and O–H groups in total. The molecule has 0 aliphatic rings. The minimum absolute atomic E-state index is 0.0674. The predicted octanol–water partition coefficient (Wildman–Crippen LogP) is 3.42. The number of hydrogen-bond donors (Lipinski definition) is 3. The molecule has 2 rings (SSSR count). The number of benzene rings is 2. The zero-order chi connectivity index (χ0) is 21.1. The van der Waals surface area contributed by atoms with Crippen molar-refractivity contribution in [1.82, 2.24) is 10.6 Å². The van der Waals surface area contributed by atoms with Gasteiger partial charge in [0.05, 0.1) is 20.3 Å². The molecule has 7 heteroatoms. The van der Waals surface area contributed by atoms with Gasteiger partial charge in [-0.1, -0.05) is 12.1 Å². The van der Waals surface area contributed by atoms with Crippen molar-refractivity contribution >= 4 is 17.6 Å². The summed E-state index contributed by atoms with van der Waals surface area (Å²) in [5, 5.41) is 9.31. The molecule has 0 atom stereocenters. The minimum Gasteiger partial charge on any atom is -0.493 e. The molecule has 0 fully saturated rings. The number of ether oxygens (including phenoxy) is 2. The molecule has 0 aliphatic heterocycles. The molecule has 0 saturated heterocycles. The van der Waals surface area contributed by atoms with Gasteiger partial charge in [0.2, 0.25) is 0 Å². The van der Waals surface area contributed by atoms with Crippen LogP contribution in [0.2, 0.25) is 0 Å². The van der Waals surface area contributed by atoms with E-state index in [1.165, 1.54) is 0 Å². The van der Waals surface area contributed by atoms with Crippen LogP contribution < -0.4 is 25.4 Å². The number of anilines is 1. The quantitative estimate of drug-likeness (QED) is 0.445. The standard InChI is InChI=1S/C22H30N4O3/c1-5-23-21(27)17-10-8-16(9-11-17)15-25-22(24-6-2)26-18-12-13-19(28-4)20(14-18)29-7-3/h8-14H,5-7,15H2,1-4H3,(H,23,27)(H2,24,25,26). The summed E-state index contributed by atoms with van der Waals surface area (Å²) in [6, 6.07) is 13.1. The first kappa shape index (κ1) is 22.1. The number of carbonyl (C=O) groups excluding carboxylic acids is 1. The Morgan fingerprint density at radius 2 is 1.69 bits per heavy atom. The molecule has 7 nitrogen and oxygen atoms in total. The van der Waals surface area contributed by atoms with Gasteiger partial charge in [-0.05, 0) is 50.6 Å². The molecule has 0 spiro atoms. The highest BCUT2D eigenvalue weighted by molar-refractivity contribution is 5.94. The maximum atomic E-state index is 11.9. The van der Waals surface area contributed by atoms with Gasteiger partial charge in [0, 0.05) is 30.4 Å². The van der Waals surface area contributed by atoms with E-state index < -0.39 is 0 Å². The van der Waals surface area contributed by atoms with E-state index in [1.807, 2.05) is 63.2 Å². The van der Waals surface area contributed by atoms with Crippen LogP contribution in [-0.2, 0) is 6.54 Å². The Labute approximate surface area is 172 Å². The van der Waals surface area contributed by atoms with E-state index in [0.717, 1.165) is 17.8 Å². The zero-order valence-corrected chi connectivity index (χ0v) is 17.5. The second-order valence-corrected chi connectivity index (χ2v) is 6.18. The Morgan fingerprint density at radius 1 is 0.966 bits per heavy atom. The van der Waals surface area contributed by atoms with Crippen LogP contribution in [-0.4, -0.2) is 38.7 Å². The number of hydrogen-bond acceptors (Lipinski definition) is 4. The van der Waals surface area contributed by atoms with Gasteiger partial charge in [0.25, 0.3) is 5.91 Å². The maximum absolute atomic E-state index is 11.9. The monoisotopic (exact) mass is 398 g/mol. The summed E-state index contributed by atoms with van der Waals surface area (Å²) in [5.41, 5.74) is 2.51. The first-order valence-electron chi connectivity index (χ1n) is 9.84. The normalized spacial score (nSPS) is 11.0. The number of amides is 1. The van der Waals surface area contributed by atoms with Gasteiger partial charge in [0.1, 0.15) is 0 Å². The topological polar surface area (TPSA) is 84.0 Å². The molecular formula is C22H30N4O3. The smallest absolute Gasteiger partial charge is 0.251 e. The molecule has 0 heterocycles. The van der Waals surface area contributed by atoms with Crippen LogP contribution in [0.1, 0.15) is 36.7 Å². The first-order chi connectivity index (χ1) is 14.1. The van der Waals surface area contributed by atoms with Gasteiger partial charge in [-0.15, -0.1) is 0 Å². The summed E-state index contributed by atoms with van der Waals surface area (Å²) < 4.78 is 11.0. The Kier molecular flexibility index (Phi) is 8.82. The van der Waals surface area contributed by atoms with E-state index in [0.29, 0.717) is 42.7 Å². The summed E-state index contributed by atoms with van der Waals surface area (Å²) in [6.07, 6.45) is 0. The van der Waals surface area contributed by atoms with E-state index in [9.17, 15) is 4.79 Å². The third kappa shape index (κ3) is 6.71. The fourth-order valence-corrected chi connectivity index (χ4v) is 2.66. The van der Waals surface area contributed by atoms with Gasteiger partial charge in [-0.25, -0.2) is 4.99 Å². The first-order valence-corrected chi connectivity index (χ1v) is 9.84. The second-order valence-electron chi connectivity index (χ2n) is 6.18. The van der Waals surface area contributed by atoms with Gasteiger partial charge >= 0.3 is 0 Å². The molecule has 0 saturated carbocycles. The van der Waals surface area contributed by atoms with Crippen molar-refractivity contribution < 1.29 is 14.3 Å². The van der Waals surface area contributed by atoms with E-state index in [1.54, 1.807) is 7.11 Å². The average Bonchev–Trinajstić information content (AvgIpc) is 2.73. The van der Waals surface area contributed by atoms with Crippen LogP contribution in [0.25, 0.3) is 0 Å². The largest absolute Gasteiger partial charge is 0.493 e. The van der Waals surface area contributed by atoms with Crippen molar-refractivity contribution in [1.29, 1.82) is 0 Å². The van der Waals surface area contributed by atoms with Crippen LogP contribution in [0.5, 0.6) is 11.5 Å². The van der Waals surface area contributed by atoms with Crippen LogP contribution in [0.4, 0.5) is 5.69 Å². The number of nitrogens with one attached hydrogen (secondary N) is 3. The molecule has 2 aromatic rings. The SMILES string of the molecule is CCNC(=O)c1ccc(CN=C(NCC)Nc2ccc(OC)c(OCC)c2)cc1. The van der Waals surface area contributed by atoms with Crippen molar-refractivity contribution in [2.75, 3.05) is 32.1 Å². The highest BCUT2D eigenvalue weighted by atomic mass is 16.5. The maximum Gasteiger partial charge on any atom is 0.251 e. The Morgan fingerprint density at radius 3 is 2.31 bits per heavy atom. The molecule has 156 valence electrons. The van der Waals surface area contributed by atoms with Crippen molar-refractivity contribution in [3.63, 3.8) is 0 Å². The van der Waals surface area contributed by atoms with Crippen LogP contribution in [0, 0.1) is 0 Å². The highest BCUT2D eigenvalue weighted by Crippen LogP contribution is 2.30. The van der Waals surface area contributed by atoms with Crippen molar-refractivity contribution in [2.24, 2.45) is 4.99 Å². The number of aliphatic imine (C=N–C) groups is 1. The number of methoxy groups -OCH3 is 1. The Balaban J connectivity index is 2.10. The van der Waals surface area contributed by atoms with E-state index in [2.05, 4.69) is 20.9 Å². The lowest BCUT2D eigenvalue weighted by Gasteiger charge is -2.14. The molecule has 0 bridgehead atoms. The lowest BCUT2D eigenvalue weighted by molar-refractivity contribution is 0.0956. The second kappa shape index (κ2) is 11.6. The number of rotatable bonds is 9. The molecule has 29 heavy (non-hydrogen) atoms. The van der Waals surface area contributed by atoms with Gasteiger partial charge in [-0.2, -0.15) is 0 Å². The van der Waals surface area contributed by atoms with Crippen molar-refractivity contribution in [2.45, 2.75) is 27.3 Å². The summed E-state index contributed by atoms with van der Waals surface area (Å²) in [5.74, 6) is 1.96. The van der Waals surface area contributed by atoms with Crippen LogP contribution in [0.3, 0.4) is 0 Å². The summed E-state index contributed by atoms with van der Waals surface area (Å²) in [7, 11) is 1.62. The molecule has 0 aliphatic carbocycles. The third-order valence-electron chi connectivity index (χ3n) is 4.04. The molecule has 0 unspecified atom stereocenters. The predicted molar refractivity (Wildman–Crippen MR) is 117 cm³/mol. The zero-order valence-electron chi connectivity index (χ0n) is 17.5. The van der Waals surface area contributed by atoms with E-state index >= 15 is 0 Å². The van der Waals surface area contributed by atoms with Gasteiger partial charge < -0.3 is 25.4 Å². The number of carbonyl (C=O) groups is 1. The molecule has 1 amide bonds. The van der Waals surface area contributed by atoms with Gasteiger partial charge in [0.15, 0.2) is 17.5 Å². The minimum atomic E-state index is -0.0674. The number of guanidine groups is 1.